The fraction of sp³-hybridized carbons (Fsp3) is 0.150. The number of nitrogens with one attached hydrogen (secondary N) is 1. The van der Waals surface area contributed by atoms with Crippen LogP contribution in [-0.2, 0) is 11.3 Å². The van der Waals surface area contributed by atoms with Gasteiger partial charge in [0, 0.05) is 30.3 Å². The summed E-state index contributed by atoms with van der Waals surface area (Å²) in [6, 6.07) is 17.1. The smallest absolute Gasteiger partial charge is 0.228 e. The van der Waals surface area contributed by atoms with E-state index in [1.54, 1.807) is 16.9 Å². The first-order valence-electron chi connectivity index (χ1n) is 8.21. The highest BCUT2D eigenvalue weighted by molar-refractivity contribution is 6.06. The molecule has 0 saturated carbocycles. The molecule has 0 bridgehead atoms. The summed E-state index contributed by atoms with van der Waals surface area (Å²) in [5.74, 6) is -0.480. The average Bonchev–Trinajstić information content (AvgIpc) is 3.26. The lowest BCUT2D eigenvalue weighted by Crippen LogP contribution is -2.28. The summed E-state index contributed by atoms with van der Waals surface area (Å²) in [4.78, 5) is 24.5. The number of fused-ring (bicyclic) bond motifs is 1. The van der Waals surface area contributed by atoms with Gasteiger partial charge in [-0.1, -0.05) is 42.5 Å². The molecule has 1 amide bonds. The second-order valence-electron chi connectivity index (χ2n) is 6.11. The van der Waals surface area contributed by atoms with Gasteiger partial charge in [0.05, 0.1) is 17.8 Å². The van der Waals surface area contributed by atoms with E-state index in [9.17, 15) is 9.59 Å². The first kappa shape index (κ1) is 15.3. The molecular weight excluding hydrogens is 314 g/mol. The maximum absolute atomic E-state index is 12.5. The molecule has 1 unspecified atom stereocenters. The van der Waals surface area contributed by atoms with Crippen molar-refractivity contribution in [2.45, 2.75) is 18.9 Å². The molecule has 1 heterocycles. The predicted octanol–water partition coefficient (Wildman–Crippen LogP) is 2.86. The van der Waals surface area contributed by atoms with E-state index in [1.165, 1.54) is 0 Å². The van der Waals surface area contributed by atoms with E-state index < -0.39 is 5.92 Å². The molecule has 0 aliphatic heterocycles. The molecule has 5 nitrogen and oxygen atoms in total. The van der Waals surface area contributed by atoms with E-state index in [4.69, 9.17) is 0 Å². The number of para-hydroxylation sites is 1. The molecule has 5 heteroatoms. The lowest BCUT2D eigenvalue weighted by molar-refractivity contribution is -0.122. The first-order valence-corrected chi connectivity index (χ1v) is 8.21. The van der Waals surface area contributed by atoms with Crippen LogP contribution in [0.2, 0.25) is 0 Å². The second-order valence-corrected chi connectivity index (χ2v) is 6.11. The number of ketones is 1. The molecule has 4 rings (SSSR count). The van der Waals surface area contributed by atoms with E-state index >= 15 is 0 Å². The monoisotopic (exact) mass is 331 g/mol. The third kappa shape index (κ3) is 2.96. The topological polar surface area (TPSA) is 64.0 Å². The van der Waals surface area contributed by atoms with Crippen molar-refractivity contribution >= 4 is 11.7 Å². The first-order chi connectivity index (χ1) is 12.2. The van der Waals surface area contributed by atoms with Gasteiger partial charge in [-0.15, -0.1) is 0 Å². The van der Waals surface area contributed by atoms with Crippen LogP contribution in [0.15, 0.2) is 67.0 Å². The van der Waals surface area contributed by atoms with Gasteiger partial charge in [0.25, 0.3) is 0 Å². The summed E-state index contributed by atoms with van der Waals surface area (Å²) in [6.45, 7) is 0.387. The molecule has 0 fully saturated rings. The van der Waals surface area contributed by atoms with E-state index in [0.717, 1.165) is 16.8 Å². The quantitative estimate of drug-likeness (QED) is 0.799. The number of amides is 1. The molecule has 2 aromatic carbocycles. The van der Waals surface area contributed by atoms with E-state index in [0.29, 0.717) is 12.1 Å². The van der Waals surface area contributed by atoms with Crippen LogP contribution in [0.1, 0.15) is 33.8 Å². The molecule has 1 aromatic heterocycles. The summed E-state index contributed by atoms with van der Waals surface area (Å²) in [5, 5.41) is 7.24. The molecular formula is C20H17N3O2. The number of nitrogens with zero attached hydrogens (tertiary/aromatic N) is 2. The zero-order chi connectivity index (χ0) is 17.2. The highest BCUT2D eigenvalue weighted by Gasteiger charge is 2.33. The standard InChI is InChI=1S/C20H17N3O2/c24-19-10-18(16-8-4-5-9-17(16)19)20(25)21-11-14-12-22-23(13-14)15-6-2-1-3-7-15/h1-9,12-13,18H,10-11H2,(H,21,25). The second kappa shape index (κ2) is 6.36. The minimum atomic E-state index is -0.395. The van der Waals surface area contributed by atoms with Gasteiger partial charge < -0.3 is 5.32 Å². The molecule has 0 spiro atoms. The van der Waals surface area contributed by atoms with Crippen LogP contribution >= 0.6 is 0 Å². The number of aromatic nitrogens is 2. The Morgan fingerprint density at radius 2 is 1.88 bits per heavy atom. The highest BCUT2D eigenvalue weighted by atomic mass is 16.2. The number of hydrogen-bond acceptors (Lipinski definition) is 3. The number of benzene rings is 2. The Hall–Kier alpha value is -3.21. The minimum absolute atomic E-state index is 0.0349. The lowest BCUT2D eigenvalue weighted by Gasteiger charge is -2.10. The van der Waals surface area contributed by atoms with Crippen molar-refractivity contribution in [1.29, 1.82) is 0 Å². The summed E-state index contributed by atoms with van der Waals surface area (Å²) in [6.07, 6.45) is 3.87. The van der Waals surface area contributed by atoms with Gasteiger partial charge in [0.1, 0.15) is 0 Å². The maximum Gasteiger partial charge on any atom is 0.228 e. The fourth-order valence-electron chi connectivity index (χ4n) is 3.18. The Bertz CT molecular complexity index is 931. The fourth-order valence-corrected chi connectivity index (χ4v) is 3.18. The third-order valence-electron chi connectivity index (χ3n) is 4.47. The summed E-state index contributed by atoms with van der Waals surface area (Å²) in [7, 11) is 0. The van der Waals surface area contributed by atoms with Crippen molar-refractivity contribution in [1.82, 2.24) is 15.1 Å². The molecule has 1 atom stereocenters. The van der Waals surface area contributed by atoms with Crippen molar-refractivity contribution in [3.63, 3.8) is 0 Å². The number of Topliss-reactive ketones (excluding diaryl/α,β-unsaturated/α-hetero) is 1. The van der Waals surface area contributed by atoms with Crippen molar-refractivity contribution < 1.29 is 9.59 Å². The zero-order valence-electron chi connectivity index (χ0n) is 13.6. The van der Waals surface area contributed by atoms with Crippen molar-refractivity contribution in [2.75, 3.05) is 0 Å². The van der Waals surface area contributed by atoms with Crippen LogP contribution < -0.4 is 5.32 Å². The Kier molecular flexibility index (Phi) is 3.90. The number of rotatable bonds is 4. The van der Waals surface area contributed by atoms with Crippen molar-refractivity contribution in [3.8, 4) is 5.69 Å². The predicted molar refractivity (Wildman–Crippen MR) is 93.5 cm³/mol. The Morgan fingerprint density at radius 1 is 1.12 bits per heavy atom. The number of carbonyl (C=O) groups excluding carboxylic acids is 2. The summed E-state index contributed by atoms with van der Waals surface area (Å²) < 4.78 is 1.77. The van der Waals surface area contributed by atoms with E-state index in [1.807, 2.05) is 54.7 Å². The van der Waals surface area contributed by atoms with Crippen LogP contribution in [0.3, 0.4) is 0 Å². The summed E-state index contributed by atoms with van der Waals surface area (Å²) >= 11 is 0. The van der Waals surface area contributed by atoms with Gasteiger partial charge in [-0.25, -0.2) is 4.68 Å². The molecule has 0 radical (unpaired) electrons. The van der Waals surface area contributed by atoms with Crippen LogP contribution in [0.4, 0.5) is 0 Å². The Morgan fingerprint density at radius 3 is 2.72 bits per heavy atom. The van der Waals surface area contributed by atoms with Gasteiger partial charge in [-0.3, -0.25) is 9.59 Å². The third-order valence-corrected chi connectivity index (χ3v) is 4.47. The molecule has 3 aromatic rings. The molecule has 25 heavy (non-hydrogen) atoms. The number of carbonyl (C=O) groups is 2. The largest absolute Gasteiger partial charge is 0.351 e. The Labute approximate surface area is 145 Å². The van der Waals surface area contributed by atoms with Crippen LogP contribution in [-0.4, -0.2) is 21.5 Å². The van der Waals surface area contributed by atoms with Gasteiger partial charge in [0.15, 0.2) is 5.78 Å². The van der Waals surface area contributed by atoms with Crippen LogP contribution in [0, 0.1) is 0 Å². The van der Waals surface area contributed by atoms with Crippen LogP contribution in [0.5, 0.6) is 0 Å². The molecule has 124 valence electrons. The highest BCUT2D eigenvalue weighted by Crippen LogP contribution is 2.32. The summed E-state index contributed by atoms with van der Waals surface area (Å²) in [5.41, 5.74) is 3.37. The molecule has 1 N–H and O–H groups in total. The van der Waals surface area contributed by atoms with E-state index in [2.05, 4.69) is 10.4 Å². The maximum atomic E-state index is 12.5. The number of hydrogen-bond donors (Lipinski definition) is 1. The van der Waals surface area contributed by atoms with Gasteiger partial charge in [0.2, 0.25) is 5.91 Å². The van der Waals surface area contributed by atoms with Crippen molar-refractivity contribution in [3.05, 3.63) is 83.7 Å². The molecule has 1 aliphatic rings. The Balaban J connectivity index is 1.43. The minimum Gasteiger partial charge on any atom is -0.351 e. The average molecular weight is 331 g/mol. The SMILES string of the molecule is O=C1CC(C(=O)NCc2cnn(-c3ccccc3)c2)c2ccccc21. The van der Waals surface area contributed by atoms with Gasteiger partial charge in [-0.2, -0.15) is 5.10 Å². The normalized spacial score (nSPS) is 15.8. The van der Waals surface area contributed by atoms with Gasteiger partial charge >= 0.3 is 0 Å². The van der Waals surface area contributed by atoms with Gasteiger partial charge in [-0.05, 0) is 17.7 Å². The lowest BCUT2D eigenvalue weighted by atomic mass is 10.0. The molecule has 1 aliphatic carbocycles. The molecule has 0 saturated heterocycles. The zero-order valence-corrected chi connectivity index (χ0v) is 13.6. The van der Waals surface area contributed by atoms with Crippen molar-refractivity contribution in [2.24, 2.45) is 0 Å². The van der Waals surface area contributed by atoms with E-state index in [-0.39, 0.29) is 18.1 Å². The van der Waals surface area contributed by atoms with Crippen LogP contribution in [0.25, 0.3) is 5.69 Å².